The minimum Gasteiger partial charge on any atom is -0.324 e. The van der Waals surface area contributed by atoms with Crippen molar-refractivity contribution in [2.24, 2.45) is 0 Å². The third-order valence-corrected chi connectivity index (χ3v) is 7.20. The highest BCUT2D eigenvalue weighted by atomic mass is 17.2. The van der Waals surface area contributed by atoms with E-state index in [1.54, 1.807) is 4.63 Å². The van der Waals surface area contributed by atoms with Gasteiger partial charge in [0.05, 0.1) is 12.3 Å². The molecule has 0 saturated carbocycles. The van der Waals surface area contributed by atoms with Gasteiger partial charge in [-0.15, -0.1) is 9.73 Å². The van der Waals surface area contributed by atoms with Crippen LogP contribution >= 0.6 is 0 Å². The number of H-pyrrole nitrogens is 1. The molecule has 0 radical (unpaired) electrons. The molecule has 0 aliphatic carbocycles. The van der Waals surface area contributed by atoms with E-state index < -0.39 is 0 Å². The molecule has 2 N–H and O–H groups in total. The summed E-state index contributed by atoms with van der Waals surface area (Å²) in [5, 5.41) is 11.9. The Hall–Kier alpha value is -2.71. The lowest BCUT2D eigenvalue weighted by Gasteiger charge is -2.13. The van der Waals surface area contributed by atoms with Crippen LogP contribution < -0.4 is 5.32 Å². The number of amides is 1. The zero-order valence-corrected chi connectivity index (χ0v) is 25.3. The van der Waals surface area contributed by atoms with E-state index in [2.05, 4.69) is 48.2 Å². The zero-order valence-electron chi connectivity index (χ0n) is 25.3. The van der Waals surface area contributed by atoms with Gasteiger partial charge in [-0.25, -0.2) is 9.78 Å². The molecule has 8 nitrogen and oxygen atoms in total. The van der Waals surface area contributed by atoms with Crippen molar-refractivity contribution < 1.29 is 14.6 Å². The first-order valence-electron chi connectivity index (χ1n) is 15.5. The number of anilines is 1. The molecular weight excluding hydrogens is 502 g/mol. The van der Waals surface area contributed by atoms with Crippen molar-refractivity contribution in [1.82, 2.24) is 19.8 Å². The van der Waals surface area contributed by atoms with Crippen molar-refractivity contribution >= 4 is 17.2 Å². The maximum atomic E-state index is 12.2. The minimum absolute atomic E-state index is 0.0325. The second kappa shape index (κ2) is 17.2. The molecule has 0 aliphatic rings. The SMILES string of the molecule is CCCCCCCCCCCCCCCCOOCC(=O)Nc1ccc(-c2nn3nc(C(C)(C)C)cc3[nH]2)cc1. The molecule has 0 atom stereocenters. The zero-order chi connectivity index (χ0) is 28.6. The van der Waals surface area contributed by atoms with Crippen molar-refractivity contribution in [2.45, 2.75) is 123 Å². The Balaban J connectivity index is 1.18. The van der Waals surface area contributed by atoms with Crippen molar-refractivity contribution in [3.05, 3.63) is 36.0 Å². The average molecular weight is 554 g/mol. The van der Waals surface area contributed by atoms with Crippen LogP contribution in [0.25, 0.3) is 17.0 Å². The van der Waals surface area contributed by atoms with E-state index >= 15 is 0 Å². The number of benzene rings is 1. The summed E-state index contributed by atoms with van der Waals surface area (Å²) >= 11 is 0. The van der Waals surface area contributed by atoms with E-state index in [0.29, 0.717) is 12.3 Å². The first-order valence-corrected chi connectivity index (χ1v) is 15.5. The van der Waals surface area contributed by atoms with Crippen molar-refractivity contribution in [3.8, 4) is 11.4 Å². The average Bonchev–Trinajstić information content (AvgIpc) is 3.51. The minimum atomic E-state index is -0.250. The fourth-order valence-corrected chi connectivity index (χ4v) is 4.69. The molecule has 0 unspecified atom stereocenters. The number of fused-ring (bicyclic) bond motifs is 1. The second-order valence-electron chi connectivity index (χ2n) is 11.9. The normalized spacial score (nSPS) is 11.9. The molecule has 0 spiro atoms. The molecule has 1 amide bonds. The number of carbonyl (C=O) groups excluding carboxylic acids is 1. The molecule has 8 heteroatoms. The first-order chi connectivity index (χ1) is 19.4. The lowest BCUT2D eigenvalue weighted by molar-refractivity contribution is -0.288. The molecule has 0 saturated heterocycles. The van der Waals surface area contributed by atoms with Gasteiger partial charge in [-0.05, 0) is 30.7 Å². The molecule has 2 aromatic heterocycles. The molecule has 2 heterocycles. The van der Waals surface area contributed by atoms with Crippen LogP contribution in [0.3, 0.4) is 0 Å². The Bertz CT molecular complexity index is 1080. The molecule has 0 bridgehead atoms. The third-order valence-electron chi connectivity index (χ3n) is 7.20. The van der Waals surface area contributed by atoms with Crippen LogP contribution in [0.4, 0.5) is 5.69 Å². The van der Waals surface area contributed by atoms with Crippen LogP contribution in [0.5, 0.6) is 0 Å². The fraction of sp³-hybridized carbons (Fsp3) is 0.656. The molecule has 0 fully saturated rings. The Kier molecular flexibility index (Phi) is 13.7. The van der Waals surface area contributed by atoms with Crippen LogP contribution in [0.15, 0.2) is 30.3 Å². The highest BCUT2D eigenvalue weighted by Gasteiger charge is 2.19. The monoisotopic (exact) mass is 553 g/mol. The van der Waals surface area contributed by atoms with E-state index in [4.69, 9.17) is 9.78 Å². The lowest BCUT2D eigenvalue weighted by Crippen LogP contribution is -2.18. The predicted octanol–water partition coefficient (Wildman–Crippen LogP) is 8.39. The predicted molar refractivity (Wildman–Crippen MR) is 162 cm³/mol. The second-order valence-corrected chi connectivity index (χ2v) is 11.9. The number of nitrogens with zero attached hydrogens (tertiary/aromatic N) is 3. The highest BCUT2D eigenvalue weighted by molar-refractivity contribution is 5.91. The van der Waals surface area contributed by atoms with E-state index in [0.717, 1.165) is 35.6 Å². The number of rotatable bonds is 20. The number of aromatic nitrogens is 4. The highest BCUT2D eigenvalue weighted by Crippen LogP contribution is 2.24. The van der Waals surface area contributed by atoms with Crippen molar-refractivity contribution in [1.29, 1.82) is 0 Å². The van der Waals surface area contributed by atoms with Gasteiger partial charge in [-0.3, -0.25) is 4.79 Å². The fourth-order valence-electron chi connectivity index (χ4n) is 4.69. The van der Waals surface area contributed by atoms with Gasteiger partial charge in [0.1, 0.15) is 0 Å². The van der Waals surface area contributed by atoms with Crippen LogP contribution in [0.2, 0.25) is 0 Å². The van der Waals surface area contributed by atoms with Gasteiger partial charge in [-0.1, -0.05) is 111 Å². The number of carbonyl (C=O) groups is 1. The summed E-state index contributed by atoms with van der Waals surface area (Å²) < 4.78 is 1.63. The molecule has 40 heavy (non-hydrogen) atoms. The number of hydrogen-bond acceptors (Lipinski definition) is 5. The number of unbranched alkanes of at least 4 members (excludes halogenated alkanes) is 13. The third kappa shape index (κ3) is 11.4. The number of hydrogen-bond donors (Lipinski definition) is 2. The van der Waals surface area contributed by atoms with E-state index in [9.17, 15) is 4.79 Å². The van der Waals surface area contributed by atoms with Gasteiger partial charge in [-0.2, -0.15) is 5.10 Å². The van der Waals surface area contributed by atoms with Gasteiger partial charge in [0.25, 0.3) is 5.91 Å². The lowest BCUT2D eigenvalue weighted by atomic mass is 9.93. The maximum absolute atomic E-state index is 12.2. The summed E-state index contributed by atoms with van der Waals surface area (Å²) in [6.45, 7) is 9.03. The molecule has 3 aromatic rings. The molecule has 3 rings (SSSR count). The van der Waals surface area contributed by atoms with E-state index in [1.807, 2.05) is 30.3 Å². The Morgan fingerprint density at radius 3 is 1.95 bits per heavy atom. The quantitative estimate of drug-likeness (QED) is 0.0832. The summed E-state index contributed by atoms with van der Waals surface area (Å²) in [5.74, 6) is 0.473. The van der Waals surface area contributed by atoms with Gasteiger partial charge in [0.2, 0.25) is 0 Å². The summed E-state index contributed by atoms with van der Waals surface area (Å²) in [6.07, 6.45) is 18.5. The Morgan fingerprint density at radius 2 is 1.40 bits per heavy atom. The van der Waals surface area contributed by atoms with E-state index in [-0.39, 0.29) is 17.9 Å². The topological polar surface area (TPSA) is 93.5 Å². The largest absolute Gasteiger partial charge is 0.324 e. The summed E-state index contributed by atoms with van der Waals surface area (Å²) in [7, 11) is 0. The molecule has 1 aromatic carbocycles. The summed E-state index contributed by atoms with van der Waals surface area (Å²) in [4.78, 5) is 25.8. The van der Waals surface area contributed by atoms with Crippen LogP contribution in [0, 0.1) is 0 Å². The number of aromatic amines is 1. The Labute approximate surface area is 240 Å². The Morgan fingerprint density at radius 1 is 0.825 bits per heavy atom. The van der Waals surface area contributed by atoms with Crippen LogP contribution in [-0.4, -0.2) is 38.9 Å². The van der Waals surface area contributed by atoms with Crippen molar-refractivity contribution in [3.63, 3.8) is 0 Å². The molecule has 0 aliphatic heterocycles. The van der Waals surface area contributed by atoms with Gasteiger partial charge >= 0.3 is 0 Å². The van der Waals surface area contributed by atoms with Gasteiger partial charge in [0.15, 0.2) is 18.1 Å². The van der Waals surface area contributed by atoms with Gasteiger partial charge in [0, 0.05) is 22.7 Å². The summed E-state index contributed by atoms with van der Waals surface area (Å²) in [5.41, 5.74) is 3.41. The van der Waals surface area contributed by atoms with Gasteiger partial charge < -0.3 is 10.3 Å². The van der Waals surface area contributed by atoms with Crippen LogP contribution in [0.1, 0.15) is 123 Å². The number of nitrogens with one attached hydrogen (secondary N) is 2. The van der Waals surface area contributed by atoms with Crippen molar-refractivity contribution in [2.75, 3.05) is 18.5 Å². The van der Waals surface area contributed by atoms with E-state index in [1.165, 1.54) is 77.0 Å². The van der Waals surface area contributed by atoms with Crippen LogP contribution in [-0.2, 0) is 20.0 Å². The first kappa shape index (κ1) is 31.8. The molecular formula is C32H51N5O3. The molecule has 222 valence electrons. The summed E-state index contributed by atoms with van der Waals surface area (Å²) in [6, 6.07) is 9.52. The standard InChI is InChI=1S/C32H51N5O3/c1-5-6-7-8-9-10-11-12-13-14-15-16-17-18-23-39-40-25-30(38)33-27-21-19-26(20-22-27)31-34-29-24-28(32(2,3)4)35-37(29)36-31/h19-22,24H,5-18,23,25H2,1-4H3,(H,33,38)(H,34,36). The smallest absolute Gasteiger partial charge is 0.253 e. The maximum Gasteiger partial charge on any atom is 0.253 e.